The Labute approximate surface area is 182 Å². The molecule has 3 aliphatic rings. The van der Waals surface area contributed by atoms with E-state index in [4.69, 9.17) is 4.52 Å². The molecule has 8 heteroatoms. The van der Waals surface area contributed by atoms with E-state index in [-0.39, 0.29) is 23.9 Å². The minimum atomic E-state index is -0.00283. The summed E-state index contributed by atoms with van der Waals surface area (Å²) in [6.45, 7) is 2.90. The Balaban J connectivity index is 1.07. The van der Waals surface area contributed by atoms with E-state index in [1.807, 2.05) is 29.2 Å². The zero-order valence-corrected chi connectivity index (χ0v) is 17.9. The number of anilines is 1. The van der Waals surface area contributed by atoms with Gasteiger partial charge >= 0.3 is 0 Å². The quantitative estimate of drug-likeness (QED) is 0.764. The van der Waals surface area contributed by atoms with Crippen LogP contribution in [0.3, 0.4) is 0 Å². The maximum Gasteiger partial charge on any atom is 0.225 e. The highest BCUT2D eigenvalue weighted by molar-refractivity contribution is 5.88. The van der Waals surface area contributed by atoms with Gasteiger partial charge < -0.3 is 19.6 Å². The lowest BCUT2D eigenvalue weighted by atomic mass is 9.82. The highest BCUT2D eigenvalue weighted by Gasteiger charge is 2.37. The lowest BCUT2D eigenvalue weighted by Crippen LogP contribution is -2.62. The first kappa shape index (κ1) is 20.3. The molecule has 5 rings (SSSR count). The third-order valence-electron chi connectivity index (χ3n) is 7.01. The van der Waals surface area contributed by atoms with Gasteiger partial charge in [0.05, 0.1) is 17.5 Å². The van der Waals surface area contributed by atoms with E-state index in [0.29, 0.717) is 25.6 Å². The molecule has 2 aliphatic heterocycles. The molecule has 8 nitrogen and oxygen atoms in total. The summed E-state index contributed by atoms with van der Waals surface area (Å²) in [5.41, 5.74) is 0.791. The molecule has 2 aromatic rings. The number of aromatic nitrogens is 1. The first-order chi connectivity index (χ1) is 15.2. The molecule has 31 heavy (non-hydrogen) atoms. The largest absolute Gasteiger partial charge is 0.354 e. The number of piperazine rings is 1. The maximum absolute atomic E-state index is 12.7. The average molecular weight is 426 g/mol. The van der Waals surface area contributed by atoms with E-state index >= 15 is 0 Å². The average Bonchev–Trinajstić information content (AvgIpc) is 3.23. The van der Waals surface area contributed by atoms with Gasteiger partial charge in [0.1, 0.15) is 0 Å². The molecule has 3 atom stereocenters. The summed E-state index contributed by atoms with van der Waals surface area (Å²) in [6.07, 6.45) is 6.52. The van der Waals surface area contributed by atoms with Gasteiger partial charge in [-0.2, -0.15) is 0 Å². The van der Waals surface area contributed by atoms with Crippen LogP contribution in [0.1, 0.15) is 44.9 Å². The van der Waals surface area contributed by atoms with Crippen molar-refractivity contribution in [2.45, 2.75) is 57.2 Å². The van der Waals surface area contributed by atoms with Gasteiger partial charge in [-0.15, -0.1) is 0 Å². The van der Waals surface area contributed by atoms with Crippen LogP contribution >= 0.6 is 0 Å². The van der Waals surface area contributed by atoms with Crippen LogP contribution in [0, 0.1) is 5.92 Å². The Morgan fingerprint density at radius 1 is 1.13 bits per heavy atom. The van der Waals surface area contributed by atoms with Gasteiger partial charge in [-0.05, 0) is 37.8 Å². The zero-order chi connectivity index (χ0) is 21.2. The van der Waals surface area contributed by atoms with Crippen LogP contribution in [0.25, 0.3) is 11.0 Å². The third kappa shape index (κ3) is 4.26. The van der Waals surface area contributed by atoms with E-state index in [2.05, 4.69) is 20.7 Å². The fourth-order valence-corrected chi connectivity index (χ4v) is 5.26. The molecule has 1 saturated carbocycles. The van der Waals surface area contributed by atoms with Crippen LogP contribution in [-0.2, 0) is 9.59 Å². The van der Waals surface area contributed by atoms with Gasteiger partial charge in [0.25, 0.3) is 0 Å². The van der Waals surface area contributed by atoms with Crippen molar-refractivity contribution in [3.8, 4) is 0 Å². The Bertz CT molecular complexity index is 936. The SMILES string of the molecule is O=C1NC(CCCC(=O)N2CCN(c3noc4ccccc34)CC2)NC2CCCCC12. The number of nitrogens with one attached hydrogen (secondary N) is 2. The van der Waals surface area contributed by atoms with Crippen LogP contribution in [0.5, 0.6) is 0 Å². The highest BCUT2D eigenvalue weighted by atomic mass is 16.5. The van der Waals surface area contributed by atoms with Crippen LogP contribution in [0.15, 0.2) is 28.8 Å². The van der Waals surface area contributed by atoms with Crippen LogP contribution in [0.2, 0.25) is 0 Å². The lowest BCUT2D eigenvalue weighted by Gasteiger charge is -2.40. The van der Waals surface area contributed by atoms with Crippen molar-refractivity contribution in [2.24, 2.45) is 5.92 Å². The maximum atomic E-state index is 12.7. The number of fused-ring (bicyclic) bond motifs is 2. The Kier molecular flexibility index (Phi) is 5.80. The number of rotatable bonds is 5. The molecule has 2 saturated heterocycles. The highest BCUT2D eigenvalue weighted by Crippen LogP contribution is 2.28. The molecule has 0 radical (unpaired) electrons. The van der Waals surface area contributed by atoms with Crippen molar-refractivity contribution < 1.29 is 14.1 Å². The van der Waals surface area contributed by atoms with Gasteiger partial charge in [0.2, 0.25) is 11.8 Å². The van der Waals surface area contributed by atoms with E-state index in [9.17, 15) is 9.59 Å². The molecule has 3 fully saturated rings. The molecule has 3 heterocycles. The van der Waals surface area contributed by atoms with Gasteiger partial charge in [-0.1, -0.05) is 30.1 Å². The fraction of sp³-hybridized carbons (Fsp3) is 0.609. The van der Waals surface area contributed by atoms with Gasteiger partial charge in [0.15, 0.2) is 11.4 Å². The summed E-state index contributed by atoms with van der Waals surface area (Å²) in [7, 11) is 0. The van der Waals surface area contributed by atoms with E-state index in [1.165, 1.54) is 6.42 Å². The number of benzene rings is 1. The van der Waals surface area contributed by atoms with E-state index in [1.54, 1.807) is 0 Å². The topological polar surface area (TPSA) is 90.7 Å². The zero-order valence-electron chi connectivity index (χ0n) is 17.9. The molecule has 0 spiro atoms. The number of hydrogen-bond acceptors (Lipinski definition) is 6. The van der Waals surface area contributed by atoms with Gasteiger partial charge in [0, 0.05) is 38.6 Å². The Hall–Kier alpha value is -2.61. The second-order valence-electron chi connectivity index (χ2n) is 8.99. The summed E-state index contributed by atoms with van der Waals surface area (Å²) in [5, 5.41) is 12.0. The molecule has 1 aromatic carbocycles. The predicted octanol–water partition coefficient (Wildman–Crippen LogP) is 2.25. The summed E-state index contributed by atoms with van der Waals surface area (Å²) >= 11 is 0. The number of amides is 2. The third-order valence-corrected chi connectivity index (χ3v) is 7.01. The van der Waals surface area contributed by atoms with Crippen molar-refractivity contribution in [2.75, 3.05) is 31.1 Å². The van der Waals surface area contributed by atoms with Crippen molar-refractivity contribution in [3.63, 3.8) is 0 Å². The first-order valence-corrected chi connectivity index (χ1v) is 11.6. The molecular formula is C23H31N5O3. The lowest BCUT2D eigenvalue weighted by molar-refractivity contribution is -0.131. The summed E-state index contributed by atoms with van der Waals surface area (Å²) in [5.74, 6) is 1.38. The molecule has 2 amide bonds. The minimum absolute atomic E-state index is 0.00283. The molecule has 1 aromatic heterocycles. The standard InChI is InChI=1S/C23H31N5O3/c29-21(11-5-10-20-24-18-8-3-1-6-16(18)23(30)25-20)27-12-14-28(15-13-27)22-17-7-2-4-9-19(17)31-26-22/h2,4,7,9,16,18,20,24H,1,3,5-6,8,10-15H2,(H,25,30). The Morgan fingerprint density at radius 3 is 2.81 bits per heavy atom. The summed E-state index contributed by atoms with van der Waals surface area (Å²) < 4.78 is 5.42. The van der Waals surface area contributed by atoms with Crippen molar-refractivity contribution >= 4 is 28.6 Å². The van der Waals surface area contributed by atoms with Crippen molar-refractivity contribution in [1.82, 2.24) is 20.7 Å². The minimum Gasteiger partial charge on any atom is -0.354 e. The van der Waals surface area contributed by atoms with Gasteiger partial charge in [-0.25, -0.2) is 0 Å². The molecule has 1 aliphatic carbocycles. The number of para-hydroxylation sites is 1. The number of carbonyl (C=O) groups excluding carboxylic acids is 2. The monoisotopic (exact) mass is 425 g/mol. The Morgan fingerprint density at radius 2 is 1.94 bits per heavy atom. The molecule has 166 valence electrons. The normalized spacial score (nSPS) is 26.6. The summed E-state index contributed by atoms with van der Waals surface area (Å²) in [4.78, 5) is 29.2. The molecular weight excluding hydrogens is 394 g/mol. The van der Waals surface area contributed by atoms with Crippen molar-refractivity contribution in [3.05, 3.63) is 24.3 Å². The van der Waals surface area contributed by atoms with E-state index in [0.717, 1.165) is 62.0 Å². The first-order valence-electron chi connectivity index (χ1n) is 11.6. The molecule has 3 unspecified atom stereocenters. The molecule has 0 bridgehead atoms. The van der Waals surface area contributed by atoms with Crippen molar-refractivity contribution in [1.29, 1.82) is 0 Å². The second kappa shape index (κ2) is 8.86. The van der Waals surface area contributed by atoms with Crippen LogP contribution in [-0.4, -0.2) is 60.3 Å². The number of hydrogen-bond donors (Lipinski definition) is 2. The predicted molar refractivity (Wildman–Crippen MR) is 117 cm³/mol. The summed E-state index contributed by atoms with van der Waals surface area (Å²) in [6, 6.07) is 8.18. The second-order valence-corrected chi connectivity index (χ2v) is 8.99. The molecule has 2 N–H and O–H groups in total. The van der Waals surface area contributed by atoms with E-state index < -0.39 is 0 Å². The van der Waals surface area contributed by atoms with Gasteiger partial charge in [-0.3, -0.25) is 14.9 Å². The smallest absolute Gasteiger partial charge is 0.225 e. The van der Waals surface area contributed by atoms with Crippen LogP contribution < -0.4 is 15.5 Å². The number of carbonyl (C=O) groups is 2. The number of nitrogens with zero attached hydrogens (tertiary/aromatic N) is 3. The van der Waals surface area contributed by atoms with Crippen LogP contribution in [0.4, 0.5) is 5.82 Å². The fourth-order valence-electron chi connectivity index (χ4n) is 5.26.